The number of nitrogens with one attached hydrogen (secondary N) is 1. The molecular weight excluding hydrogens is 388 g/mol. The summed E-state index contributed by atoms with van der Waals surface area (Å²) in [7, 11) is 0. The number of benzene rings is 1. The Balaban J connectivity index is 1.73. The van der Waals surface area contributed by atoms with E-state index in [1.807, 2.05) is 0 Å². The molecule has 2 heterocycles. The SMILES string of the molecule is CC1=C(C(=O)N(CC(=O)NCC2CCCO2)c2ccc(Cl)cc2)SCCO1. The summed E-state index contributed by atoms with van der Waals surface area (Å²) < 4.78 is 11.0. The molecule has 0 spiro atoms. The summed E-state index contributed by atoms with van der Waals surface area (Å²) in [5, 5.41) is 3.44. The smallest absolute Gasteiger partial charge is 0.268 e. The molecule has 146 valence electrons. The summed E-state index contributed by atoms with van der Waals surface area (Å²) in [6.45, 7) is 3.47. The van der Waals surface area contributed by atoms with Gasteiger partial charge in [0, 0.05) is 29.6 Å². The van der Waals surface area contributed by atoms with Gasteiger partial charge in [-0.2, -0.15) is 0 Å². The Morgan fingerprint density at radius 3 is 2.74 bits per heavy atom. The van der Waals surface area contributed by atoms with E-state index in [2.05, 4.69) is 5.32 Å². The average molecular weight is 411 g/mol. The maximum atomic E-state index is 13.1. The number of allylic oxidation sites excluding steroid dienone is 1. The van der Waals surface area contributed by atoms with Crippen molar-refractivity contribution in [3.8, 4) is 0 Å². The highest BCUT2D eigenvalue weighted by molar-refractivity contribution is 8.04. The van der Waals surface area contributed by atoms with Crippen molar-refractivity contribution in [2.75, 3.05) is 37.0 Å². The number of nitrogens with zero attached hydrogens (tertiary/aromatic N) is 1. The first-order valence-corrected chi connectivity index (χ1v) is 10.3. The minimum absolute atomic E-state index is 0.0564. The summed E-state index contributed by atoms with van der Waals surface area (Å²) in [4.78, 5) is 27.6. The molecule has 0 aromatic heterocycles. The van der Waals surface area contributed by atoms with Crippen LogP contribution >= 0.6 is 23.4 Å². The normalized spacial score (nSPS) is 19.6. The van der Waals surface area contributed by atoms with Gasteiger partial charge in [0.2, 0.25) is 5.91 Å². The van der Waals surface area contributed by atoms with Gasteiger partial charge in [0.25, 0.3) is 5.91 Å². The highest BCUT2D eigenvalue weighted by atomic mass is 35.5. The van der Waals surface area contributed by atoms with Gasteiger partial charge in [0.15, 0.2) is 0 Å². The van der Waals surface area contributed by atoms with Crippen LogP contribution in [-0.2, 0) is 19.1 Å². The van der Waals surface area contributed by atoms with E-state index in [0.29, 0.717) is 40.3 Å². The lowest BCUT2D eigenvalue weighted by Gasteiger charge is -2.26. The summed E-state index contributed by atoms with van der Waals surface area (Å²) in [5.74, 6) is 0.827. The number of hydrogen-bond acceptors (Lipinski definition) is 5. The number of carbonyl (C=O) groups excluding carboxylic acids is 2. The minimum atomic E-state index is -0.244. The van der Waals surface area contributed by atoms with Crippen molar-refractivity contribution in [3.63, 3.8) is 0 Å². The van der Waals surface area contributed by atoms with E-state index in [-0.39, 0.29) is 24.5 Å². The van der Waals surface area contributed by atoms with Crippen LogP contribution in [0.5, 0.6) is 0 Å². The number of halogens is 1. The topological polar surface area (TPSA) is 67.9 Å². The molecule has 0 radical (unpaired) electrons. The highest BCUT2D eigenvalue weighted by Gasteiger charge is 2.27. The maximum absolute atomic E-state index is 13.1. The molecule has 2 amide bonds. The third-order valence-corrected chi connectivity index (χ3v) is 5.77. The van der Waals surface area contributed by atoms with Gasteiger partial charge in [0.05, 0.1) is 12.7 Å². The lowest BCUT2D eigenvalue weighted by Crippen LogP contribution is -2.43. The fraction of sp³-hybridized carbons (Fsp3) is 0.474. The van der Waals surface area contributed by atoms with Gasteiger partial charge in [-0.05, 0) is 44.0 Å². The van der Waals surface area contributed by atoms with Crippen LogP contribution in [0.25, 0.3) is 0 Å². The molecule has 0 saturated carbocycles. The lowest BCUT2D eigenvalue weighted by atomic mass is 10.2. The molecule has 1 atom stereocenters. The molecule has 8 heteroatoms. The molecule has 1 fully saturated rings. The minimum Gasteiger partial charge on any atom is -0.496 e. The number of anilines is 1. The Bertz CT molecular complexity index is 717. The molecule has 1 aromatic rings. The lowest BCUT2D eigenvalue weighted by molar-refractivity contribution is -0.122. The van der Waals surface area contributed by atoms with Crippen LogP contribution in [0.15, 0.2) is 34.9 Å². The van der Waals surface area contributed by atoms with Crippen molar-refractivity contribution in [2.45, 2.75) is 25.9 Å². The first kappa shape index (κ1) is 20.0. The second-order valence-electron chi connectivity index (χ2n) is 6.39. The van der Waals surface area contributed by atoms with Crippen molar-refractivity contribution in [2.24, 2.45) is 0 Å². The first-order valence-electron chi connectivity index (χ1n) is 8.97. The van der Waals surface area contributed by atoms with E-state index >= 15 is 0 Å². The van der Waals surface area contributed by atoms with Crippen LogP contribution in [0.1, 0.15) is 19.8 Å². The Kier molecular flexibility index (Phi) is 7.04. The van der Waals surface area contributed by atoms with Crippen molar-refractivity contribution < 1.29 is 19.1 Å². The second-order valence-corrected chi connectivity index (χ2v) is 7.93. The molecule has 1 N–H and O–H groups in total. The van der Waals surface area contributed by atoms with E-state index in [9.17, 15) is 9.59 Å². The number of amides is 2. The van der Waals surface area contributed by atoms with Gasteiger partial charge >= 0.3 is 0 Å². The number of rotatable bonds is 6. The fourth-order valence-corrected chi connectivity index (χ4v) is 3.97. The number of carbonyl (C=O) groups is 2. The van der Waals surface area contributed by atoms with Gasteiger partial charge in [-0.25, -0.2) is 0 Å². The van der Waals surface area contributed by atoms with Crippen molar-refractivity contribution in [3.05, 3.63) is 40.0 Å². The van der Waals surface area contributed by atoms with Crippen LogP contribution < -0.4 is 10.2 Å². The molecule has 1 unspecified atom stereocenters. The Labute approximate surface area is 168 Å². The highest BCUT2D eigenvalue weighted by Crippen LogP contribution is 2.29. The summed E-state index contributed by atoms with van der Waals surface area (Å²) in [5.41, 5.74) is 0.614. The molecule has 1 saturated heterocycles. The largest absolute Gasteiger partial charge is 0.496 e. The van der Waals surface area contributed by atoms with E-state index in [4.69, 9.17) is 21.1 Å². The quantitative estimate of drug-likeness (QED) is 0.780. The molecular formula is C19H23ClN2O4S. The first-order chi connectivity index (χ1) is 13.0. The van der Waals surface area contributed by atoms with Gasteiger partial charge in [-0.3, -0.25) is 14.5 Å². The maximum Gasteiger partial charge on any atom is 0.268 e. The number of hydrogen-bond donors (Lipinski definition) is 1. The second kappa shape index (κ2) is 9.48. The van der Waals surface area contributed by atoms with Crippen LogP contribution in [0.4, 0.5) is 5.69 Å². The van der Waals surface area contributed by atoms with Crippen molar-refractivity contribution >= 4 is 40.9 Å². The Morgan fingerprint density at radius 1 is 1.30 bits per heavy atom. The fourth-order valence-electron chi connectivity index (χ4n) is 2.97. The van der Waals surface area contributed by atoms with Gasteiger partial charge < -0.3 is 14.8 Å². The standard InChI is InChI=1S/C19H23ClN2O4S/c1-13-18(27-10-9-25-13)19(24)22(15-6-4-14(20)5-7-15)12-17(23)21-11-16-3-2-8-26-16/h4-7,16H,2-3,8-12H2,1H3,(H,21,23). The van der Waals surface area contributed by atoms with E-state index in [0.717, 1.165) is 19.4 Å². The zero-order chi connectivity index (χ0) is 19.2. The van der Waals surface area contributed by atoms with Gasteiger partial charge in [-0.15, -0.1) is 11.8 Å². The van der Waals surface area contributed by atoms with Crippen molar-refractivity contribution in [1.82, 2.24) is 5.32 Å². The van der Waals surface area contributed by atoms with Crippen LogP contribution in [-0.4, -0.2) is 50.0 Å². The third-order valence-electron chi connectivity index (χ3n) is 4.40. The monoisotopic (exact) mass is 410 g/mol. The van der Waals surface area contributed by atoms with Crippen LogP contribution in [0.2, 0.25) is 5.02 Å². The average Bonchev–Trinajstić information content (AvgIpc) is 3.19. The molecule has 2 aliphatic rings. The van der Waals surface area contributed by atoms with Gasteiger partial charge in [0.1, 0.15) is 17.2 Å². The zero-order valence-electron chi connectivity index (χ0n) is 15.2. The molecule has 0 bridgehead atoms. The Morgan fingerprint density at radius 2 is 2.07 bits per heavy atom. The summed E-state index contributed by atoms with van der Waals surface area (Å²) >= 11 is 7.42. The number of ether oxygens (including phenoxy) is 2. The van der Waals surface area contributed by atoms with Crippen LogP contribution in [0.3, 0.4) is 0 Å². The summed E-state index contributed by atoms with van der Waals surface area (Å²) in [6, 6.07) is 6.87. The zero-order valence-corrected chi connectivity index (χ0v) is 16.8. The Hall–Kier alpha value is -1.70. The van der Waals surface area contributed by atoms with Crippen LogP contribution in [0, 0.1) is 0 Å². The molecule has 0 aliphatic carbocycles. The molecule has 2 aliphatic heterocycles. The number of thioether (sulfide) groups is 1. The molecule has 1 aromatic carbocycles. The van der Waals surface area contributed by atoms with E-state index in [1.54, 1.807) is 31.2 Å². The predicted molar refractivity (Wildman–Crippen MR) is 107 cm³/mol. The summed E-state index contributed by atoms with van der Waals surface area (Å²) in [6.07, 6.45) is 2.02. The van der Waals surface area contributed by atoms with Crippen molar-refractivity contribution in [1.29, 1.82) is 0 Å². The predicted octanol–water partition coefficient (Wildman–Crippen LogP) is 2.96. The molecule has 6 nitrogen and oxygen atoms in total. The molecule has 3 rings (SSSR count). The van der Waals surface area contributed by atoms with Gasteiger partial charge in [-0.1, -0.05) is 11.6 Å². The third kappa shape index (κ3) is 5.40. The van der Waals surface area contributed by atoms with E-state index < -0.39 is 0 Å². The van der Waals surface area contributed by atoms with E-state index in [1.165, 1.54) is 16.7 Å². The molecule has 27 heavy (non-hydrogen) atoms.